The van der Waals surface area contributed by atoms with E-state index >= 15 is 0 Å². The topological polar surface area (TPSA) is 74.8 Å². The monoisotopic (exact) mass is 484 g/mol. The number of aliphatic imine (C=N–C) groups is 1. The number of nitrogens with zero attached hydrogens (tertiary/aromatic N) is 1. The molecule has 0 radical (unpaired) electrons. The molecule has 0 saturated carbocycles. The summed E-state index contributed by atoms with van der Waals surface area (Å²) in [6, 6.07) is 7.28. The lowest BCUT2D eigenvalue weighted by atomic mass is 10.2. The van der Waals surface area contributed by atoms with Crippen molar-refractivity contribution in [3.63, 3.8) is 0 Å². The van der Waals surface area contributed by atoms with Gasteiger partial charge in [-0.3, -0.25) is 9.79 Å². The molecule has 0 heterocycles. The second-order valence-electron chi connectivity index (χ2n) is 4.18. The van der Waals surface area contributed by atoms with Crippen molar-refractivity contribution >= 4 is 51.8 Å². The van der Waals surface area contributed by atoms with Gasteiger partial charge in [-0.2, -0.15) is 0 Å². The standard InChI is InChI=1S/C14H21BrN4O2.HI/c1-16-14(19-8-9-21-2)18-7-6-17-13(20)11-4-3-5-12(15)10-11;/h3-5,10H,6-9H2,1-2H3,(H,17,20)(H2,16,18,19);1H. The van der Waals surface area contributed by atoms with Crippen molar-refractivity contribution < 1.29 is 9.53 Å². The number of guanidine groups is 1. The SMILES string of the molecule is CN=C(NCCNC(=O)c1cccc(Br)c1)NCCOC.I. The average molecular weight is 485 g/mol. The minimum absolute atomic E-state index is 0. The van der Waals surface area contributed by atoms with Crippen molar-refractivity contribution in [2.24, 2.45) is 4.99 Å². The van der Waals surface area contributed by atoms with Crippen LogP contribution in [-0.2, 0) is 4.74 Å². The van der Waals surface area contributed by atoms with E-state index in [2.05, 4.69) is 36.9 Å². The summed E-state index contributed by atoms with van der Waals surface area (Å²) in [4.78, 5) is 16.0. The molecule has 0 aliphatic heterocycles. The van der Waals surface area contributed by atoms with Crippen LogP contribution < -0.4 is 16.0 Å². The first-order valence-corrected chi connectivity index (χ1v) is 7.44. The van der Waals surface area contributed by atoms with Gasteiger partial charge in [0, 0.05) is 43.8 Å². The van der Waals surface area contributed by atoms with Gasteiger partial charge in [-0.05, 0) is 18.2 Å². The number of nitrogens with one attached hydrogen (secondary N) is 3. The number of methoxy groups -OCH3 is 1. The molecule has 0 fully saturated rings. The molecule has 0 aromatic heterocycles. The molecule has 0 aliphatic rings. The summed E-state index contributed by atoms with van der Waals surface area (Å²) in [7, 11) is 3.34. The van der Waals surface area contributed by atoms with Gasteiger partial charge in [0.1, 0.15) is 0 Å². The molecular formula is C14H22BrIN4O2. The predicted octanol–water partition coefficient (Wildman–Crippen LogP) is 1.61. The van der Waals surface area contributed by atoms with Gasteiger partial charge in [0.2, 0.25) is 0 Å². The molecular weight excluding hydrogens is 463 g/mol. The van der Waals surface area contributed by atoms with Crippen LogP contribution in [0.25, 0.3) is 0 Å². The van der Waals surface area contributed by atoms with E-state index in [0.29, 0.717) is 37.8 Å². The number of ether oxygens (including phenoxy) is 1. The van der Waals surface area contributed by atoms with Crippen LogP contribution in [0.1, 0.15) is 10.4 Å². The fraction of sp³-hybridized carbons (Fsp3) is 0.429. The maximum Gasteiger partial charge on any atom is 0.251 e. The summed E-state index contributed by atoms with van der Waals surface area (Å²) in [5.74, 6) is 0.587. The fourth-order valence-electron chi connectivity index (χ4n) is 1.58. The van der Waals surface area contributed by atoms with Crippen molar-refractivity contribution in [2.45, 2.75) is 0 Å². The Morgan fingerprint density at radius 3 is 2.55 bits per heavy atom. The third-order valence-electron chi connectivity index (χ3n) is 2.61. The summed E-state index contributed by atoms with van der Waals surface area (Å²) in [5.41, 5.74) is 0.631. The Morgan fingerprint density at radius 1 is 1.23 bits per heavy atom. The van der Waals surface area contributed by atoms with E-state index in [1.807, 2.05) is 12.1 Å². The van der Waals surface area contributed by atoms with Gasteiger partial charge in [-0.25, -0.2) is 0 Å². The lowest BCUT2D eigenvalue weighted by Crippen LogP contribution is -2.42. The van der Waals surface area contributed by atoms with Crippen LogP contribution in [0.2, 0.25) is 0 Å². The van der Waals surface area contributed by atoms with Crippen LogP contribution in [0, 0.1) is 0 Å². The minimum Gasteiger partial charge on any atom is -0.383 e. The summed E-state index contributed by atoms with van der Waals surface area (Å²) in [6.07, 6.45) is 0. The molecule has 3 N–H and O–H groups in total. The lowest BCUT2D eigenvalue weighted by Gasteiger charge is -2.12. The first-order chi connectivity index (χ1) is 10.2. The van der Waals surface area contributed by atoms with Gasteiger partial charge < -0.3 is 20.7 Å². The number of hydrogen-bond donors (Lipinski definition) is 3. The van der Waals surface area contributed by atoms with Gasteiger partial charge in [0.25, 0.3) is 5.91 Å². The Hall–Kier alpha value is -0.870. The van der Waals surface area contributed by atoms with E-state index in [1.54, 1.807) is 26.3 Å². The van der Waals surface area contributed by atoms with E-state index in [0.717, 1.165) is 4.47 Å². The summed E-state index contributed by atoms with van der Waals surface area (Å²) < 4.78 is 5.83. The highest BCUT2D eigenvalue weighted by Gasteiger charge is 2.04. The number of amides is 1. The summed E-state index contributed by atoms with van der Waals surface area (Å²) in [6.45, 7) is 2.39. The van der Waals surface area contributed by atoms with Crippen LogP contribution in [0.4, 0.5) is 0 Å². The highest BCUT2D eigenvalue weighted by Crippen LogP contribution is 2.11. The average Bonchev–Trinajstić information content (AvgIpc) is 2.49. The van der Waals surface area contributed by atoms with Gasteiger partial charge in [-0.1, -0.05) is 22.0 Å². The van der Waals surface area contributed by atoms with Crippen LogP contribution >= 0.6 is 39.9 Å². The maximum absolute atomic E-state index is 11.9. The Bertz CT molecular complexity index is 486. The molecule has 0 bridgehead atoms. The zero-order valence-electron chi connectivity index (χ0n) is 12.7. The fourth-order valence-corrected chi connectivity index (χ4v) is 1.98. The number of halogens is 2. The quantitative estimate of drug-likeness (QED) is 0.238. The molecule has 8 heteroatoms. The Balaban J connectivity index is 0.00000441. The molecule has 6 nitrogen and oxygen atoms in total. The third kappa shape index (κ3) is 8.54. The van der Waals surface area contributed by atoms with E-state index in [4.69, 9.17) is 4.74 Å². The van der Waals surface area contributed by atoms with E-state index in [9.17, 15) is 4.79 Å². The second kappa shape index (κ2) is 12.7. The predicted molar refractivity (Wildman–Crippen MR) is 103 cm³/mol. The Labute approximate surface area is 156 Å². The highest BCUT2D eigenvalue weighted by atomic mass is 127. The van der Waals surface area contributed by atoms with Gasteiger partial charge in [0.05, 0.1) is 6.61 Å². The first-order valence-electron chi connectivity index (χ1n) is 6.64. The number of rotatable bonds is 7. The summed E-state index contributed by atoms with van der Waals surface area (Å²) >= 11 is 3.34. The van der Waals surface area contributed by atoms with E-state index in [-0.39, 0.29) is 29.9 Å². The minimum atomic E-state index is -0.0968. The molecule has 0 unspecified atom stereocenters. The first kappa shape index (κ1) is 21.1. The molecule has 0 spiro atoms. The van der Waals surface area contributed by atoms with Crippen molar-refractivity contribution in [2.75, 3.05) is 40.4 Å². The molecule has 0 aliphatic carbocycles. The van der Waals surface area contributed by atoms with Crippen LogP contribution in [-0.4, -0.2) is 52.3 Å². The van der Waals surface area contributed by atoms with E-state index < -0.39 is 0 Å². The second-order valence-corrected chi connectivity index (χ2v) is 5.10. The smallest absolute Gasteiger partial charge is 0.251 e. The zero-order valence-corrected chi connectivity index (χ0v) is 16.6. The molecule has 1 rings (SSSR count). The highest BCUT2D eigenvalue weighted by molar-refractivity contribution is 14.0. The molecule has 0 atom stereocenters. The number of benzene rings is 1. The molecule has 0 saturated heterocycles. The molecule has 1 aromatic carbocycles. The van der Waals surface area contributed by atoms with Crippen molar-refractivity contribution in [3.05, 3.63) is 34.3 Å². The van der Waals surface area contributed by atoms with Crippen LogP contribution in [0.5, 0.6) is 0 Å². The number of hydrogen-bond acceptors (Lipinski definition) is 3. The van der Waals surface area contributed by atoms with E-state index in [1.165, 1.54) is 0 Å². The zero-order chi connectivity index (χ0) is 15.5. The maximum atomic E-state index is 11.9. The molecule has 1 amide bonds. The van der Waals surface area contributed by atoms with Gasteiger partial charge >= 0.3 is 0 Å². The van der Waals surface area contributed by atoms with Crippen molar-refractivity contribution in [1.29, 1.82) is 0 Å². The Morgan fingerprint density at radius 2 is 1.91 bits per heavy atom. The largest absolute Gasteiger partial charge is 0.383 e. The third-order valence-corrected chi connectivity index (χ3v) is 3.11. The summed E-state index contributed by atoms with van der Waals surface area (Å²) in [5, 5.41) is 9.04. The van der Waals surface area contributed by atoms with Crippen molar-refractivity contribution in [3.8, 4) is 0 Å². The van der Waals surface area contributed by atoms with Gasteiger partial charge in [0.15, 0.2) is 5.96 Å². The van der Waals surface area contributed by atoms with Crippen molar-refractivity contribution in [1.82, 2.24) is 16.0 Å². The molecule has 124 valence electrons. The normalized spacial score (nSPS) is 10.6. The Kier molecular flexibility index (Phi) is 12.2. The number of carbonyl (C=O) groups excluding carboxylic acids is 1. The van der Waals surface area contributed by atoms with Crippen LogP contribution in [0.15, 0.2) is 33.7 Å². The molecule has 1 aromatic rings. The molecule has 22 heavy (non-hydrogen) atoms. The van der Waals surface area contributed by atoms with Crippen LogP contribution in [0.3, 0.4) is 0 Å². The lowest BCUT2D eigenvalue weighted by molar-refractivity contribution is 0.0954. The number of carbonyl (C=O) groups is 1. The van der Waals surface area contributed by atoms with Gasteiger partial charge in [-0.15, -0.1) is 24.0 Å².